The molecule has 190 valence electrons. The lowest BCUT2D eigenvalue weighted by Gasteiger charge is -2.28. The summed E-state index contributed by atoms with van der Waals surface area (Å²) >= 11 is 0. The van der Waals surface area contributed by atoms with Crippen LogP contribution in [-0.4, -0.2) is 55.4 Å². The van der Waals surface area contributed by atoms with Gasteiger partial charge in [0.1, 0.15) is 17.5 Å². The number of nitrogens with one attached hydrogen (secondary N) is 1. The molecule has 2 atom stereocenters. The van der Waals surface area contributed by atoms with Gasteiger partial charge in [-0.25, -0.2) is 14.6 Å². The van der Waals surface area contributed by atoms with Crippen molar-refractivity contribution in [2.75, 3.05) is 25.0 Å². The summed E-state index contributed by atoms with van der Waals surface area (Å²) in [5.74, 6) is 2.50. The molecule has 1 saturated heterocycles. The third kappa shape index (κ3) is 5.59. The van der Waals surface area contributed by atoms with Gasteiger partial charge in [-0.15, -0.1) is 0 Å². The molecule has 1 unspecified atom stereocenters. The smallest absolute Gasteiger partial charge is 0.303 e. The van der Waals surface area contributed by atoms with Crippen molar-refractivity contribution in [1.82, 2.24) is 24.6 Å². The fourth-order valence-corrected chi connectivity index (χ4v) is 5.69. The number of carboxylic acids is 1. The number of hydrogen-bond acceptors (Lipinski definition) is 6. The largest absolute Gasteiger partial charge is 0.481 e. The first-order chi connectivity index (χ1) is 17.5. The quantitative estimate of drug-likeness (QED) is 0.458. The summed E-state index contributed by atoms with van der Waals surface area (Å²) in [6, 6.07) is 12.8. The lowest BCUT2D eigenvalue weighted by atomic mass is 9.98. The maximum Gasteiger partial charge on any atom is 0.303 e. The number of carbonyl (C=O) groups is 1. The molecule has 2 aliphatic heterocycles. The highest BCUT2D eigenvalue weighted by Crippen LogP contribution is 2.34. The van der Waals surface area contributed by atoms with Crippen LogP contribution in [0.2, 0.25) is 0 Å². The number of nitrogens with zero attached hydrogens (tertiary/aromatic N) is 5. The number of pyridine rings is 1. The highest BCUT2D eigenvalue weighted by Gasteiger charge is 2.30. The number of rotatable bonds is 9. The molecule has 0 bridgehead atoms. The van der Waals surface area contributed by atoms with Gasteiger partial charge in [0.15, 0.2) is 0 Å². The molecule has 3 aromatic rings. The van der Waals surface area contributed by atoms with Crippen molar-refractivity contribution in [2.24, 2.45) is 5.92 Å². The van der Waals surface area contributed by atoms with E-state index >= 15 is 0 Å². The van der Waals surface area contributed by atoms with Crippen LogP contribution in [0, 0.1) is 19.8 Å². The molecule has 2 aromatic heterocycles. The van der Waals surface area contributed by atoms with E-state index in [4.69, 9.17) is 4.98 Å². The van der Waals surface area contributed by atoms with E-state index in [1.807, 2.05) is 30.7 Å². The SMILES string of the molecule is Cc1nc(C)n(-c2cccc(C(CCC(=O)O)N3CC[C@@H](CCc4ccc5c(n4)NCCC5)C3)c2)n1. The highest BCUT2D eigenvalue weighted by atomic mass is 16.4. The molecule has 0 aliphatic carbocycles. The summed E-state index contributed by atoms with van der Waals surface area (Å²) in [6.07, 6.45) is 6.26. The predicted molar refractivity (Wildman–Crippen MR) is 139 cm³/mol. The van der Waals surface area contributed by atoms with Crippen molar-refractivity contribution in [3.8, 4) is 5.69 Å². The monoisotopic (exact) mass is 488 g/mol. The van der Waals surface area contributed by atoms with Crippen molar-refractivity contribution in [3.63, 3.8) is 0 Å². The molecule has 0 radical (unpaired) electrons. The number of hydrogen-bond donors (Lipinski definition) is 2. The molecular weight excluding hydrogens is 452 g/mol. The van der Waals surface area contributed by atoms with E-state index in [0.717, 1.165) is 79.7 Å². The Hall–Kier alpha value is -3.26. The molecule has 0 saturated carbocycles. The summed E-state index contributed by atoms with van der Waals surface area (Å²) in [4.78, 5) is 23.2. The van der Waals surface area contributed by atoms with Gasteiger partial charge >= 0.3 is 5.97 Å². The Labute approximate surface area is 212 Å². The Balaban J connectivity index is 1.27. The molecule has 0 spiro atoms. The molecule has 36 heavy (non-hydrogen) atoms. The third-order valence-electron chi connectivity index (χ3n) is 7.52. The number of aromatic nitrogens is 4. The lowest BCUT2D eigenvalue weighted by Crippen LogP contribution is -2.27. The van der Waals surface area contributed by atoms with E-state index in [-0.39, 0.29) is 12.5 Å². The molecule has 2 aliphatic rings. The average Bonchev–Trinajstić information content (AvgIpc) is 3.48. The first-order valence-electron chi connectivity index (χ1n) is 13.2. The normalized spacial score (nSPS) is 18.6. The van der Waals surface area contributed by atoms with Crippen molar-refractivity contribution >= 4 is 11.8 Å². The average molecular weight is 489 g/mol. The number of aliphatic carboxylic acids is 1. The highest BCUT2D eigenvalue weighted by molar-refractivity contribution is 5.66. The van der Waals surface area contributed by atoms with E-state index in [1.54, 1.807) is 0 Å². The van der Waals surface area contributed by atoms with Crippen LogP contribution in [0.15, 0.2) is 36.4 Å². The van der Waals surface area contributed by atoms with E-state index in [1.165, 1.54) is 12.0 Å². The van der Waals surface area contributed by atoms with Crippen LogP contribution >= 0.6 is 0 Å². The number of benzene rings is 1. The topological polar surface area (TPSA) is 96.2 Å². The molecule has 5 rings (SSSR count). The number of anilines is 1. The molecule has 8 heteroatoms. The maximum atomic E-state index is 11.5. The maximum absolute atomic E-state index is 11.5. The van der Waals surface area contributed by atoms with E-state index in [2.05, 4.69) is 44.6 Å². The van der Waals surface area contributed by atoms with Crippen LogP contribution in [0.3, 0.4) is 0 Å². The minimum Gasteiger partial charge on any atom is -0.481 e. The molecule has 8 nitrogen and oxygen atoms in total. The van der Waals surface area contributed by atoms with Gasteiger partial charge in [0, 0.05) is 31.2 Å². The second kappa shape index (κ2) is 10.8. The minimum absolute atomic E-state index is 0.0713. The third-order valence-corrected chi connectivity index (χ3v) is 7.52. The van der Waals surface area contributed by atoms with Gasteiger partial charge in [0.2, 0.25) is 0 Å². The van der Waals surface area contributed by atoms with Gasteiger partial charge in [-0.05, 0) is 94.2 Å². The van der Waals surface area contributed by atoms with Crippen LogP contribution in [0.25, 0.3) is 5.69 Å². The number of likely N-dealkylation sites (tertiary alicyclic amines) is 1. The van der Waals surface area contributed by atoms with Gasteiger partial charge in [-0.2, -0.15) is 5.10 Å². The number of fused-ring (bicyclic) bond motifs is 1. The van der Waals surface area contributed by atoms with Crippen molar-refractivity contribution in [1.29, 1.82) is 0 Å². The Bertz CT molecular complexity index is 1220. The zero-order valence-corrected chi connectivity index (χ0v) is 21.3. The van der Waals surface area contributed by atoms with Crippen molar-refractivity contribution < 1.29 is 9.90 Å². The van der Waals surface area contributed by atoms with Gasteiger partial charge in [-0.1, -0.05) is 18.2 Å². The molecular formula is C28H36N6O2. The number of carboxylic acid groups (broad SMARTS) is 1. The zero-order chi connectivity index (χ0) is 25.1. The van der Waals surface area contributed by atoms with E-state index in [0.29, 0.717) is 12.3 Å². The van der Waals surface area contributed by atoms with E-state index < -0.39 is 5.97 Å². The van der Waals surface area contributed by atoms with Crippen LogP contribution in [0.4, 0.5) is 5.82 Å². The Morgan fingerprint density at radius 2 is 2.11 bits per heavy atom. The second-order valence-electron chi connectivity index (χ2n) is 10.2. The van der Waals surface area contributed by atoms with Crippen LogP contribution < -0.4 is 5.32 Å². The van der Waals surface area contributed by atoms with Crippen molar-refractivity contribution in [3.05, 3.63) is 64.9 Å². The predicted octanol–water partition coefficient (Wildman–Crippen LogP) is 4.50. The van der Waals surface area contributed by atoms with Gasteiger partial charge in [0.25, 0.3) is 0 Å². The summed E-state index contributed by atoms with van der Waals surface area (Å²) < 4.78 is 1.86. The minimum atomic E-state index is -0.748. The standard InChI is InChI=1S/C28H36N6O2/c1-19-30-20(2)34(32-19)25-7-3-5-23(17-25)26(12-13-27(35)36)33-16-14-21(18-33)8-10-24-11-9-22-6-4-15-29-28(22)31-24/h3,5,7,9,11,17,21,26H,4,6,8,10,12-16,18H2,1-2H3,(H,29,31)(H,35,36)/t21-,26?/m1/s1. The first-order valence-corrected chi connectivity index (χ1v) is 13.2. The van der Waals surface area contributed by atoms with E-state index in [9.17, 15) is 9.90 Å². The molecule has 4 heterocycles. The van der Waals surface area contributed by atoms with Crippen LogP contribution in [0.5, 0.6) is 0 Å². The second-order valence-corrected chi connectivity index (χ2v) is 10.2. The summed E-state index contributed by atoms with van der Waals surface area (Å²) in [5, 5.41) is 17.4. The lowest BCUT2D eigenvalue weighted by molar-refractivity contribution is -0.137. The van der Waals surface area contributed by atoms with Crippen molar-refractivity contribution in [2.45, 2.75) is 64.8 Å². The Kier molecular flexibility index (Phi) is 7.32. The Morgan fingerprint density at radius 3 is 2.92 bits per heavy atom. The number of aryl methyl sites for hydroxylation is 4. The first kappa shape index (κ1) is 24.4. The van der Waals surface area contributed by atoms with Gasteiger partial charge in [0.05, 0.1) is 5.69 Å². The summed E-state index contributed by atoms with van der Waals surface area (Å²) in [7, 11) is 0. The summed E-state index contributed by atoms with van der Waals surface area (Å²) in [6.45, 7) is 6.83. The fourth-order valence-electron chi connectivity index (χ4n) is 5.69. The fraction of sp³-hybridized carbons (Fsp3) is 0.500. The zero-order valence-electron chi connectivity index (χ0n) is 21.3. The molecule has 2 N–H and O–H groups in total. The van der Waals surface area contributed by atoms with Gasteiger partial charge in [-0.3, -0.25) is 9.69 Å². The molecule has 1 fully saturated rings. The molecule has 0 amide bonds. The Morgan fingerprint density at radius 1 is 1.22 bits per heavy atom. The van der Waals surface area contributed by atoms with Crippen LogP contribution in [0.1, 0.15) is 66.6 Å². The summed E-state index contributed by atoms with van der Waals surface area (Å²) in [5.41, 5.74) is 4.60. The molecule has 1 aromatic carbocycles. The van der Waals surface area contributed by atoms with Crippen LogP contribution in [-0.2, 0) is 17.6 Å². The van der Waals surface area contributed by atoms with Gasteiger partial charge < -0.3 is 10.4 Å².